The Bertz CT molecular complexity index is 598. The van der Waals surface area contributed by atoms with Crippen LogP contribution >= 0.6 is 0 Å². The summed E-state index contributed by atoms with van der Waals surface area (Å²) in [6.45, 7) is 2.02. The molecule has 0 aliphatic carbocycles. The third-order valence-corrected chi connectivity index (χ3v) is 3.35. The number of H-pyrrole nitrogens is 1. The van der Waals surface area contributed by atoms with Gasteiger partial charge in [0.1, 0.15) is 0 Å². The topological polar surface area (TPSA) is 75.3 Å². The van der Waals surface area contributed by atoms with Gasteiger partial charge in [0.2, 0.25) is 0 Å². The molecule has 0 fully saturated rings. The summed E-state index contributed by atoms with van der Waals surface area (Å²) in [4.78, 5) is 16.0. The van der Waals surface area contributed by atoms with Crippen molar-refractivity contribution in [2.45, 2.75) is 31.8 Å². The minimum atomic E-state index is -0.413. The van der Waals surface area contributed by atoms with Gasteiger partial charge in [0.15, 0.2) is 5.58 Å². The molecule has 5 heteroatoms. The highest BCUT2D eigenvalue weighted by Gasteiger charge is 2.16. The van der Waals surface area contributed by atoms with Crippen LogP contribution in [0, 0.1) is 0 Å². The lowest BCUT2D eigenvalue weighted by Gasteiger charge is -2.25. The van der Waals surface area contributed by atoms with Gasteiger partial charge in [-0.25, -0.2) is 4.79 Å². The Kier molecular flexibility index (Phi) is 4.07. The highest BCUT2D eigenvalue weighted by molar-refractivity contribution is 5.72. The average Bonchev–Trinajstić information content (AvgIpc) is 2.67. The molecule has 1 aromatic carbocycles. The van der Waals surface area contributed by atoms with Crippen molar-refractivity contribution in [3.8, 4) is 0 Å². The van der Waals surface area contributed by atoms with Crippen molar-refractivity contribution < 1.29 is 4.42 Å². The van der Waals surface area contributed by atoms with Crippen LogP contribution in [0.5, 0.6) is 0 Å². The number of aromatic nitrogens is 1. The fraction of sp³-hybridized carbons (Fsp3) is 0.500. The van der Waals surface area contributed by atoms with Gasteiger partial charge >= 0.3 is 5.76 Å². The maximum Gasteiger partial charge on any atom is 0.417 e. The summed E-state index contributed by atoms with van der Waals surface area (Å²) in [5, 5.41) is 0. The first-order chi connectivity index (χ1) is 8.97. The van der Waals surface area contributed by atoms with E-state index in [1.807, 2.05) is 39.2 Å². The average molecular weight is 263 g/mol. The molecular weight excluding hydrogens is 242 g/mol. The van der Waals surface area contributed by atoms with Gasteiger partial charge in [-0.2, -0.15) is 0 Å². The highest BCUT2D eigenvalue weighted by Crippen LogP contribution is 2.26. The molecule has 3 N–H and O–H groups in total. The Balaban J connectivity index is 2.30. The summed E-state index contributed by atoms with van der Waals surface area (Å²) in [6.07, 6.45) is 1.95. The molecule has 1 aromatic heterocycles. The Morgan fingerprint density at radius 3 is 2.74 bits per heavy atom. The van der Waals surface area contributed by atoms with Crippen molar-refractivity contribution in [1.82, 2.24) is 9.88 Å². The van der Waals surface area contributed by atoms with Crippen LogP contribution in [0.2, 0.25) is 0 Å². The van der Waals surface area contributed by atoms with Gasteiger partial charge in [0, 0.05) is 12.1 Å². The Morgan fingerprint density at radius 1 is 1.37 bits per heavy atom. The molecule has 1 heterocycles. The maximum atomic E-state index is 11.2. The van der Waals surface area contributed by atoms with Gasteiger partial charge in [0.05, 0.1) is 5.52 Å². The number of hydrogen-bond donors (Lipinski definition) is 2. The number of rotatable bonds is 5. The number of nitrogens with one attached hydrogen (secondary N) is 1. The molecule has 0 aliphatic heterocycles. The van der Waals surface area contributed by atoms with Crippen LogP contribution in [-0.4, -0.2) is 30.0 Å². The molecule has 0 spiro atoms. The fourth-order valence-electron chi connectivity index (χ4n) is 2.32. The molecular formula is C14H21N3O2. The number of benzene rings is 1. The third kappa shape index (κ3) is 3.24. The lowest BCUT2D eigenvalue weighted by atomic mass is 9.99. The van der Waals surface area contributed by atoms with Crippen LogP contribution in [0.4, 0.5) is 0 Å². The van der Waals surface area contributed by atoms with Crippen LogP contribution in [0.25, 0.3) is 11.1 Å². The summed E-state index contributed by atoms with van der Waals surface area (Å²) in [7, 11) is 4.10. The summed E-state index contributed by atoms with van der Waals surface area (Å²) in [5.74, 6) is -0.413. The minimum absolute atomic E-state index is 0.194. The molecule has 2 atom stereocenters. The van der Waals surface area contributed by atoms with E-state index < -0.39 is 5.76 Å². The second kappa shape index (κ2) is 5.59. The van der Waals surface area contributed by atoms with Crippen molar-refractivity contribution in [1.29, 1.82) is 0 Å². The van der Waals surface area contributed by atoms with E-state index in [4.69, 9.17) is 10.2 Å². The van der Waals surface area contributed by atoms with Gasteiger partial charge in [0.25, 0.3) is 0 Å². The zero-order valence-electron chi connectivity index (χ0n) is 11.6. The quantitative estimate of drug-likeness (QED) is 0.863. The molecule has 2 aromatic rings. The first-order valence-corrected chi connectivity index (χ1v) is 6.52. The second-order valence-electron chi connectivity index (χ2n) is 5.30. The number of nitrogens with zero attached hydrogens (tertiary/aromatic N) is 1. The number of aromatic amines is 1. The normalized spacial score (nSPS) is 15.0. The van der Waals surface area contributed by atoms with E-state index in [0.29, 0.717) is 5.58 Å². The molecule has 0 aliphatic rings. The van der Waals surface area contributed by atoms with E-state index in [1.165, 1.54) is 0 Å². The maximum absolute atomic E-state index is 11.2. The van der Waals surface area contributed by atoms with E-state index in [9.17, 15) is 4.79 Å². The zero-order chi connectivity index (χ0) is 14.0. The zero-order valence-corrected chi connectivity index (χ0v) is 11.6. The monoisotopic (exact) mass is 263 g/mol. The molecule has 19 heavy (non-hydrogen) atoms. The standard InChI is InChI=1S/C14H21N3O2/c1-9(15)4-6-12(17(2)3)10-5-7-13-11(8-10)16-14(18)19-13/h5,7-9,12H,4,6,15H2,1-3H3,(H,16,18). The van der Waals surface area contributed by atoms with E-state index in [1.54, 1.807) is 0 Å². The first-order valence-electron chi connectivity index (χ1n) is 6.52. The van der Waals surface area contributed by atoms with Crippen LogP contribution in [0.1, 0.15) is 31.4 Å². The van der Waals surface area contributed by atoms with Crippen molar-refractivity contribution in [2.75, 3.05) is 14.1 Å². The Labute approximate surface area is 112 Å². The van der Waals surface area contributed by atoms with E-state index in [2.05, 4.69) is 9.88 Å². The summed E-state index contributed by atoms with van der Waals surface area (Å²) in [6, 6.07) is 6.30. The number of oxazole rings is 1. The predicted octanol–water partition coefficient (Wildman–Crippen LogP) is 1.85. The predicted molar refractivity (Wildman–Crippen MR) is 76.1 cm³/mol. The van der Waals surface area contributed by atoms with Crippen molar-refractivity contribution >= 4 is 11.1 Å². The smallest absolute Gasteiger partial charge is 0.408 e. The molecule has 5 nitrogen and oxygen atoms in total. The molecule has 0 saturated heterocycles. The summed E-state index contributed by atoms with van der Waals surface area (Å²) < 4.78 is 5.02. The van der Waals surface area contributed by atoms with Gasteiger partial charge in [-0.05, 0) is 51.6 Å². The molecule has 2 rings (SSSR count). The second-order valence-corrected chi connectivity index (χ2v) is 5.30. The Hall–Kier alpha value is -1.59. The largest absolute Gasteiger partial charge is 0.417 e. The van der Waals surface area contributed by atoms with Crippen LogP contribution in [-0.2, 0) is 0 Å². The van der Waals surface area contributed by atoms with Crippen LogP contribution in [0.15, 0.2) is 27.4 Å². The molecule has 2 unspecified atom stereocenters. The summed E-state index contributed by atoms with van der Waals surface area (Å²) >= 11 is 0. The number of hydrogen-bond acceptors (Lipinski definition) is 4. The van der Waals surface area contributed by atoms with Gasteiger partial charge in [-0.3, -0.25) is 4.98 Å². The minimum Gasteiger partial charge on any atom is -0.408 e. The summed E-state index contributed by atoms with van der Waals surface area (Å²) in [5.41, 5.74) is 8.34. The van der Waals surface area contributed by atoms with Crippen molar-refractivity contribution in [3.05, 3.63) is 34.3 Å². The number of fused-ring (bicyclic) bond motifs is 1. The number of nitrogens with two attached hydrogens (primary N) is 1. The van der Waals surface area contributed by atoms with Gasteiger partial charge in [-0.15, -0.1) is 0 Å². The van der Waals surface area contributed by atoms with E-state index in [-0.39, 0.29) is 12.1 Å². The van der Waals surface area contributed by atoms with Gasteiger partial charge < -0.3 is 15.1 Å². The first kappa shape index (κ1) is 13.8. The molecule has 0 radical (unpaired) electrons. The van der Waals surface area contributed by atoms with Crippen LogP contribution < -0.4 is 11.5 Å². The van der Waals surface area contributed by atoms with E-state index in [0.717, 1.165) is 23.9 Å². The third-order valence-electron chi connectivity index (χ3n) is 3.35. The lowest BCUT2D eigenvalue weighted by Crippen LogP contribution is -2.23. The van der Waals surface area contributed by atoms with Gasteiger partial charge in [-0.1, -0.05) is 6.07 Å². The molecule has 0 amide bonds. The van der Waals surface area contributed by atoms with Crippen molar-refractivity contribution in [2.24, 2.45) is 5.73 Å². The highest BCUT2D eigenvalue weighted by atomic mass is 16.4. The van der Waals surface area contributed by atoms with Crippen molar-refractivity contribution in [3.63, 3.8) is 0 Å². The molecule has 0 bridgehead atoms. The van der Waals surface area contributed by atoms with Crippen LogP contribution in [0.3, 0.4) is 0 Å². The lowest BCUT2D eigenvalue weighted by molar-refractivity contribution is 0.275. The molecule has 104 valence electrons. The molecule has 0 saturated carbocycles. The fourth-order valence-corrected chi connectivity index (χ4v) is 2.32. The Morgan fingerprint density at radius 2 is 2.11 bits per heavy atom. The van der Waals surface area contributed by atoms with E-state index >= 15 is 0 Å². The SMILES string of the molecule is CC(N)CCC(c1ccc2oc(=O)[nH]c2c1)N(C)C.